The third-order valence-electron chi connectivity index (χ3n) is 5.15. The van der Waals surface area contributed by atoms with Crippen molar-refractivity contribution in [2.75, 3.05) is 18.4 Å². The minimum atomic E-state index is -0.602. The number of phenolic OH excluding ortho intramolecular Hbond substituents is 1. The van der Waals surface area contributed by atoms with Crippen LogP contribution in [0, 0.1) is 11.3 Å². The largest absolute Gasteiger partial charge is 0.507 e. The molecule has 1 saturated heterocycles. The van der Waals surface area contributed by atoms with Crippen molar-refractivity contribution in [3.05, 3.63) is 41.5 Å². The summed E-state index contributed by atoms with van der Waals surface area (Å²) in [7, 11) is 0. The maximum atomic E-state index is 12.6. The van der Waals surface area contributed by atoms with E-state index in [0.29, 0.717) is 29.9 Å². The Kier molecular flexibility index (Phi) is 6.68. The number of amides is 2. The number of rotatable bonds is 3. The number of nitrogens with one attached hydrogen (secondary N) is 1. The van der Waals surface area contributed by atoms with E-state index in [1.165, 1.54) is 6.92 Å². The molecule has 1 aromatic carbocycles. The predicted molar refractivity (Wildman–Crippen MR) is 120 cm³/mol. The van der Waals surface area contributed by atoms with Gasteiger partial charge in [0.15, 0.2) is 5.82 Å². The van der Waals surface area contributed by atoms with Crippen LogP contribution >= 0.6 is 0 Å². The highest BCUT2D eigenvalue weighted by molar-refractivity contribution is 5.90. The summed E-state index contributed by atoms with van der Waals surface area (Å²) >= 11 is 0. The van der Waals surface area contributed by atoms with Gasteiger partial charge in [0.25, 0.3) is 0 Å². The maximum absolute atomic E-state index is 12.6. The smallest absolute Gasteiger partial charge is 0.410 e. The number of likely N-dealkylation sites (tertiary alicyclic amines) is 1. The zero-order valence-corrected chi connectivity index (χ0v) is 18.8. The lowest BCUT2D eigenvalue weighted by Gasteiger charge is -2.34. The molecule has 2 amide bonds. The molecule has 0 saturated carbocycles. The minimum Gasteiger partial charge on any atom is -0.507 e. The first-order valence-electron chi connectivity index (χ1n) is 10.6. The van der Waals surface area contributed by atoms with Crippen molar-refractivity contribution >= 4 is 17.8 Å². The Morgan fingerprint density at radius 3 is 2.66 bits per heavy atom. The number of piperidine rings is 1. The number of hydrogen-bond donors (Lipinski definition) is 2. The van der Waals surface area contributed by atoms with Gasteiger partial charge in [0, 0.05) is 31.5 Å². The average Bonchev–Trinajstić information content (AvgIpc) is 2.72. The molecule has 8 nitrogen and oxygen atoms in total. The van der Waals surface area contributed by atoms with E-state index in [2.05, 4.69) is 16.4 Å². The van der Waals surface area contributed by atoms with Gasteiger partial charge in [-0.25, -0.2) is 9.78 Å². The number of para-hydroxylation sites is 1. The summed E-state index contributed by atoms with van der Waals surface area (Å²) in [6.07, 6.45) is 1.12. The van der Waals surface area contributed by atoms with Crippen LogP contribution in [-0.4, -0.2) is 45.7 Å². The fourth-order valence-corrected chi connectivity index (χ4v) is 3.81. The van der Waals surface area contributed by atoms with Gasteiger partial charge in [0.2, 0.25) is 5.91 Å². The number of pyridine rings is 1. The number of aromatic nitrogens is 1. The highest BCUT2D eigenvalue weighted by Gasteiger charge is 2.31. The first kappa shape index (κ1) is 23.1. The van der Waals surface area contributed by atoms with Crippen molar-refractivity contribution in [2.45, 2.75) is 52.1 Å². The molecule has 0 spiro atoms. The lowest BCUT2D eigenvalue weighted by molar-refractivity contribution is -0.114. The molecule has 32 heavy (non-hydrogen) atoms. The molecule has 0 bridgehead atoms. The number of aromatic hydroxyl groups is 1. The number of nitrogens with zero attached hydrogens (tertiary/aromatic N) is 3. The molecule has 1 aliphatic rings. The highest BCUT2D eigenvalue weighted by atomic mass is 16.6. The molecule has 1 atom stereocenters. The van der Waals surface area contributed by atoms with Gasteiger partial charge in [-0.1, -0.05) is 12.1 Å². The topological polar surface area (TPSA) is 116 Å². The van der Waals surface area contributed by atoms with Crippen molar-refractivity contribution in [3.8, 4) is 23.1 Å². The third kappa shape index (κ3) is 5.35. The molecule has 0 aliphatic carbocycles. The van der Waals surface area contributed by atoms with Crippen molar-refractivity contribution in [1.82, 2.24) is 9.88 Å². The minimum absolute atomic E-state index is 0.0449. The molecule has 2 N–H and O–H groups in total. The summed E-state index contributed by atoms with van der Waals surface area (Å²) in [6.45, 7) is 7.76. The second-order valence-corrected chi connectivity index (χ2v) is 8.90. The lowest BCUT2D eigenvalue weighted by Crippen LogP contribution is -2.42. The van der Waals surface area contributed by atoms with E-state index in [1.807, 2.05) is 20.8 Å². The number of nitriles is 1. The second kappa shape index (κ2) is 9.27. The molecule has 1 aromatic heterocycles. The first-order chi connectivity index (χ1) is 15.1. The van der Waals surface area contributed by atoms with Crippen molar-refractivity contribution in [1.29, 1.82) is 5.26 Å². The van der Waals surface area contributed by atoms with Crippen LogP contribution in [0.25, 0.3) is 11.3 Å². The Hall–Kier alpha value is -3.60. The number of phenols is 1. The van der Waals surface area contributed by atoms with E-state index in [1.54, 1.807) is 35.2 Å². The zero-order chi connectivity index (χ0) is 23.5. The molecular weight excluding hydrogens is 408 g/mol. The zero-order valence-electron chi connectivity index (χ0n) is 18.8. The van der Waals surface area contributed by atoms with Gasteiger partial charge in [-0.05, 0) is 57.4 Å². The van der Waals surface area contributed by atoms with E-state index in [-0.39, 0.29) is 29.0 Å². The summed E-state index contributed by atoms with van der Waals surface area (Å²) in [5, 5.41) is 22.9. The number of hydrogen-bond acceptors (Lipinski definition) is 6. The van der Waals surface area contributed by atoms with Crippen LogP contribution in [0.2, 0.25) is 0 Å². The van der Waals surface area contributed by atoms with Gasteiger partial charge in [-0.3, -0.25) is 4.79 Å². The molecule has 3 rings (SSSR count). The number of carbonyl (C=O) groups is 2. The number of benzene rings is 1. The van der Waals surface area contributed by atoms with Crippen LogP contribution < -0.4 is 5.32 Å². The monoisotopic (exact) mass is 436 g/mol. The fourth-order valence-electron chi connectivity index (χ4n) is 3.81. The van der Waals surface area contributed by atoms with Gasteiger partial charge in [-0.15, -0.1) is 0 Å². The Labute approximate surface area is 187 Å². The molecule has 0 radical (unpaired) electrons. The molecule has 1 unspecified atom stereocenters. The van der Waals surface area contributed by atoms with Crippen molar-refractivity contribution in [3.63, 3.8) is 0 Å². The highest BCUT2D eigenvalue weighted by Crippen LogP contribution is 2.37. The number of ether oxygens (including phenoxy) is 1. The van der Waals surface area contributed by atoms with Gasteiger partial charge >= 0.3 is 6.09 Å². The Morgan fingerprint density at radius 1 is 1.31 bits per heavy atom. The normalized spacial score (nSPS) is 16.2. The summed E-state index contributed by atoms with van der Waals surface area (Å²) in [5.41, 5.74) is 1.27. The van der Waals surface area contributed by atoms with E-state index in [9.17, 15) is 20.0 Å². The number of carbonyl (C=O) groups excluding carboxylic acids is 2. The second-order valence-electron chi connectivity index (χ2n) is 8.90. The fraction of sp³-hybridized carbons (Fsp3) is 0.417. The predicted octanol–water partition coefficient (Wildman–Crippen LogP) is 4.40. The van der Waals surface area contributed by atoms with E-state index >= 15 is 0 Å². The molecule has 2 aromatic rings. The molecule has 8 heteroatoms. The Morgan fingerprint density at radius 2 is 2.03 bits per heavy atom. The first-order valence-corrected chi connectivity index (χ1v) is 10.6. The summed E-state index contributed by atoms with van der Waals surface area (Å²) in [5.74, 6) is -0.312. The summed E-state index contributed by atoms with van der Waals surface area (Å²) in [4.78, 5) is 30.5. The van der Waals surface area contributed by atoms with Crippen molar-refractivity contribution in [2.24, 2.45) is 0 Å². The van der Waals surface area contributed by atoms with Crippen LogP contribution in [0.5, 0.6) is 5.75 Å². The van der Waals surface area contributed by atoms with Gasteiger partial charge in [-0.2, -0.15) is 5.26 Å². The molecule has 2 heterocycles. The Bertz CT molecular complexity index is 1070. The van der Waals surface area contributed by atoms with Crippen LogP contribution in [0.4, 0.5) is 10.6 Å². The van der Waals surface area contributed by atoms with Crippen LogP contribution in [0.15, 0.2) is 30.3 Å². The Balaban J connectivity index is 2.05. The van der Waals surface area contributed by atoms with E-state index in [4.69, 9.17) is 4.74 Å². The van der Waals surface area contributed by atoms with Gasteiger partial charge < -0.3 is 20.1 Å². The SMILES string of the molecule is CC(=O)Nc1nc(-c2ccccc2O)cc(C2CCCN(C(=O)OC(C)(C)C)C2)c1C#N. The third-order valence-corrected chi connectivity index (χ3v) is 5.15. The average molecular weight is 437 g/mol. The van der Waals surface area contributed by atoms with E-state index < -0.39 is 11.7 Å². The van der Waals surface area contributed by atoms with Gasteiger partial charge in [0.1, 0.15) is 17.4 Å². The van der Waals surface area contributed by atoms with Crippen LogP contribution in [0.3, 0.4) is 0 Å². The maximum Gasteiger partial charge on any atom is 0.410 e. The summed E-state index contributed by atoms with van der Waals surface area (Å²) < 4.78 is 5.52. The molecule has 168 valence electrons. The van der Waals surface area contributed by atoms with Crippen LogP contribution in [0.1, 0.15) is 57.6 Å². The quantitative estimate of drug-likeness (QED) is 0.737. The molecule has 1 aliphatic heterocycles. The van der Waals surface area contributed by atoms with Gasteiger partial charge in [0.05, 0.1) is 11.3 Å². The molecule has 1 fully saturated rings. The number of anilines is 1. The molecular formula is C24H28N4O4. The summed E-state index contributed by atoms with van der Waals surface area (Å²) in [6, 6.07) is 10.7. The lowest BCUT2D eigenvalue weighted by atomic mass is 9.87. The standard InChI is InChI=1S/C24H28N4O4/c1-15(29)26-22-19(13-25)18(12-20(27-22)17-9-5-6-10-21(17)30)16-8-7-11-28(14-16)23(31)32-24(2,3)4/h5-6,9-10,12,16,30H,7-8,11,14H2,1-4H3,(H,26,27,29). The van der Waals surface area contributed by atoms with Crippen molar-refractivity contribution < 1.29 is 19.4 Å². The van der Waals surface area contributed by atoms with Crippen LogP contribution in [-0.2, 0) is 9.53 Å². The van der Waals surface area contributed by atoms with E-state index in [0.717, 1.165) is 12.8 Å².